The molecule has 0 fully saturated rings. The molecule has 2 atom stereocenters. The molecule has 0 saturated heterocycles. The van der Waals surface area contributed by atoms with Gasteiger partial charge in [0.15, 0.2) is 18.1 Å². The van der Waals surface area contributed by atoms with E-state index in [1.807, 2.05) is 13.0 Å². The smallest absolute Gasteiger partial charge is 0.422 e. The average molecular weight is 478 g/mol. The summed E-state index contributed by atoms with van der Waals surface area (Å²) in [4.78, 5) is 0. The highest BCUT2D eigenvalue weighted by atomic mass is 19.4. The number of hydrogen-bond acceptors (Lipinski definition) is 6. The topological polar surface area (TPSA) is 86.5 Å². The van der Waals surface area contributed by atoms with E-state index in [1.54, 1.807) is 18.2 Å². The largest absolute Gasteiger partial charge is 0.488 e. The predicted octanol–water partition coefficient (Wildman–Crippen LogP) is 4.38. The Hall–Kier alpha value is -2.96. The Kier molecular flexibility index (Phi) is 9.02. The van der Waals surface area contributed by atoms with Gasteiger partial charge in [0.05, 0.1) is 11.3 Å². The van der Waals surface area contributed by atoms with Crippen molar-refractivity contribution >= 4 is 5.69 Å². The number of nitriles is 1. The van der Waals surface area contributed by atoms with Crippen LogP contribution in [0.3, 0.4) is 0 Å². The number of nitrogens with zero attached hydrogens (tertiary/aromatic N) is 1. The van der Waals surface area contributed by atoms with Crippen molar-refractivity contribution in [2.24, 2.45) is 0 Å². The first-order chi connectivity index (χ1) is 16.3. The zero-order valence-electron chi connectivity index (χ0n) is 19.1. The van der Waals surface area contributed by atoms with Crippen molar-refractivity contribution in [3.8, 4) is 17.6 Å². The molecule has 0 spiro atoms. The number of halogens is 3. The van der Waals surface area contributed by atoms with Crippen LogP contribution in [0.15, 0.2) is 36.4 Å². The van der Waals surface area contributed by atoms with E-state index < -0.39 is 12.8 Å². The van der Waals surface area contributed by atoms with Crippen molar-refractivity contribution in [3.63, 3.8) is 0 Å². The summed E-state index contributed by atoms with van der Waals surface area (Å²) in [6.45, 7) is 2.26. The molecule has 3 rings (SSSR count). The maximum absolute atomic E-state index is 12.5. The third kappa shape index (κ3) is 7.02. The van der Waals surface area contributed by atoms with E-state index in [1.165, 1.54) is 6.07 Å². The third-order valence-corrected chi connectivity index (χ3v) is 5.83. The van der Waals surface area contributed by atoms with Crippen molar-refractivity contribution in [2.45, 2.75) is 44.3 Å². The normalized spacial score (nSPS) is 14.6. The van der Waals surface area contributed by atoms with Crippen LogP contribution in [0.1, 0.15) is 42.4 Å². The highest BCUT2D eigenvalue weighted by Gasteiger charge is 2.29. The molecule has 6 nitrogen and oxygen atoms in total. The fraction of sp³-hybridized carbons (Fsp3) is 0.480. The standard InChI is InChI=1S/C25H30F3N3O3/c1-17(30-10-12-33-22-6-2-3-7-23(22)34-16-25(26,27)28)21(5-4-11-32)19-13-18-8-9-31-24(18)20(14-19)15-29/h2-3,6-7,13-14,17,21,30-32H,4-5,8-12,16H2,1H3/t17-,21?/m1/s1. The fourth-order valence-electron chi connectivity index (χ4n) is 4.21. The van der Waals surface area contributed by atoms with Gasteiger partial charge in [0.2, 0.25) is 0 Å². The second-order valence-corrected chi connectivity index (χ2v) is 8.31. The lowest BCUT2D eigenvalue weighted by molar-refractivity contribution is -0.153. The van der Waals surface area contributed by atoms with Crippen LogP contribution < -0.4 is 20.1 Å². The molecule has 0 amide bonds. The Morgan fingerprint density at radius 3 is 2.62 bits per heavy atom. The van der Waals surface area contributed by atoms with Gasteiger partial charge in [0.25, 0.3) is 0 Å². The quantitative estimate of drug-likeness (QED) is 0.394. The van der Waals surface area contributed by atoms with E-state index in [0.717, 1.165) is 36.2 Å². The van der Waals surface area contributed by atoms with Crippen molar-refractivity contribution in [1.29, 1.82) is 5.26 Å². The Morgan fingerprint density at radius 1 is 1.21 bits per heavy atom. The average Bonchev–Trinajstić information content (AvgIpc) is 3.29. The van der Waals surface area contributed by atoms with E-state index in [2.05, 4.69) is 22.8 Å². The molecule has 0 saturated carbocycles. The highest BCUT2D eigenvalue weighted by Crippen LogP contribution is 2.34. The maximum Gasteiger partial charge on any atom is 0.422 e. The van der Waals surface area contributed by atoms with Gasteiger partial charge < -0.3 is 25.2 Å². The van der Waals surface area contributed by atoms with E-state index in [-0.39, 0.29) is 36.7 Å². The van der Waals surface area contributed by atoms with Crippen molar-refractivity contribution in [2.75, 3.05) is 38.2 Å². The molecule has 1 heterocycles. The summed E-state index contributed by atoms with van der Waals surface area (Å²) in [6, 6.07) is 12.6. The van der Waals surface area contributed by atoms with Gasteiger partial charge in [-0.15, -0.1) is 0 Å². The van der Waals surface area contributed by atoms with Crippen molar-refractivity contribution in [3.05, 3.63) is 53.1 Å². The van der Waals surface area contributed by atoms with Crippen molar-refractivity contribution < 1.29 is 27.8 Å². The molecule has 184 valence electrons. The van der Waals surface area contributed by atoms with Gasteiger partial charge in [0.1, 0.15) is 12.7 Å². The van der Waals surface area contributed by atoms with Crippen LogP contribution in [0, 0.1) is 11.3 Å². The number of hydrogen-bond donors (Lipinski definition) is 3. The van der Waals surface area contributed by atoms with Gasteiger partial charge in [-0.25, -0.2) is 0 Å². The van der Waals surface area contributed by atoms with E-state index in [9.17, 15) is 23.5 Å². The van der Waals surface area contributed by atoms with Crippen LogP contribution in [0.4, 0.5) is 18.9 Å². The van der Waals surface area contributed by atoms with Crippen LogP contribution in [0.2, 0.25) is 0 Å². The minimum absolute atomic E-state index is 0.0193. The molecule has 34 heavy (non-hydrogen) atoms. The number of benzene rings is 2. The molecule has 1 aliphatic heterocycles. The minimum atomic E-state index is -4.42. The van der Waals surface area contributed by atoms with Gasteiger partial charge in [0, 0.05) is 25.7 Å². The van der Waals surface area contributed by atoms with Crippen LogP contribution >= 0.6 is 0 Å². The lowest BCUT2D eigenvalue weighted by Gasteiger charge is -2.26. The Morgan fingerprint density at radius 2 is 1.94 bits per heavy atom. The maximum atomic E-state index is 12.5. The number of ether oxygens (including phenoxy) is 2. The summed E-state index contributed by atoms with van der Waals surface area (Å²) in [5.74, 6) is 0.375. The summed E-state index contributed by atoms with van der Waals surface area (Å²) in [7, 11) is 0. The Balaban J connectivity index is 1.61. The number of aliphatic hydroxyl groups is 1. The van der Waals surface area contributed by atoms with Gasteiger partial charge in [-0.3, -0.25) is 0 Å². The molecule has 0 aliphatic carbocycles. The van der Waals surface area contributed by atoms with E-state index >= 15 is 0 Å². The number of nitrogens with one attached hydrogen (secondary N) is 2. The van der Waals surface area contributed by atoms with Crippen LogP contribution in [0.5, 0.6) is 11.5 Å². The lowest BCUT2D eigenvalue weighted by atomic mass is 9.86. The van der Waals surface area contributed by atoms with E-state index in [0.29, 0.717) is 18.5 Å². The summed E-state index contributed by atoms with van der Waals surface area (Å²) in [5.41, 5.74) is 3.73. The first-order valence-corrected chi connectivity index (χ1v) is 11.4. The monoisotopic (exact) mass is 477 g/mol. The second-order valence-electron chi connectivity index (χ2n) is 8.31. The number of para-hydroxylation sites is 2. The number of anilines is 1. The molecular formula is C25H30F3N3O3. The molecule has 1 unspecified atom stereocenters. The summed E-state index contributed by atoms with van der Waals surface area (Å²) in [6.07, 6.45) is -2.17. The van der Waals surface area contributed by atoms with Gasteiger partial charge in [-0.1, -0.05) is 18.2 Å². The first-order valence-electron chi connectivity index (χ1n) is 11.4. The molecular weight excluding hydrogens is 447 g/mol. The second kappa shape index (κ2) is 12.0. The third-order valence-electron chi connectivity index (χ3n) is 5.83. The number of fused-ring (bicyclic) bond motifs is 1. The molecule has 0 bridgehead atoms. The fourth-order valence-corrected chi connectivity index (χ4v) is 4.21. The summed E-state index contributed by atoms with van der Waals surface area (Å²) >= 11 is 0. The van der Waals surface area contributed by atoms with Gasteiger partial charge in [-0.2, -0.15) is 18.4 Å². The van der Waals surface area contributed by atoms with Crippen LogP contribution in [0.25, 0.3) is 0 Å². The predicted molar refractivity (Wildman–Crippen MR) is 123 cm³/mol. The first kappa shape index (κ1) is 25.7. The number of aliphatic hydroxyl groups excluding tert-OH is 1. The molecule has 0 aromatic heterocycles. The molecule has 3 N–H and O–H groups in total. The summed E-state index contributed by atoms with van der Waals surface area (Å²) in [5, 5.41) is 25.6. The molecule has 2 aromatic rings. The zero-order chi connectivity index (χ0) is 24.6. The Labute approximate surface area is 197 Å². The van der Waals surface area contributed by atoms with Crippen molar-refractivity contribution in [1.82, 2.24) is 5.32 Å². The SMILES string of the molecule is C[C@@H](NCCOc1ccccc1OCC(F)(F)F)C(CCCO)c1cc(C#N)c2c(c1)CCN2. The minimum Gasteiger partial charge on any atom is -0.488 e. The van der Waals surface area contributed by atoms with Gasteiger partial charge in [-0.05, 0) is 61.4 Å². The summed E-state index contributed by atoms with van der Waals surface area (Å²) < 4.78 is 48.0. The molecule has 9 heteroatoms. The van der Waals surface area contributed by atoms with Crippen LogP contribution in [-0.4, -0.2) is 50.2 Å². The van der Waals surface area contributed by atoms with Gasteiger partial charge >= 0.3 is 6.18 Å². The lowest BCUT2D eigenvalue weighted by Crippen LogP contribution is -2.35. The van der Waals surface area contributed by atoms with E-state index in [4.69, 9.17) is 9.47 Å². The number of rotatable bonds is 12. The Bertz CT molecular complexity index is 992. The zero-order valence-corrected chi connectivity index (χ0v) is 19.1. The molecule has 0 radical (unpaired) electrons. The molecule has 1 aliphatic rings. The number of alkyl halides is 3. The molecule has 2 aromatic carbocycles. The highest BCUT2D eigenvalue weighted by molar-refractivity contribution is 5.67. The van der Waals surface area contributed by atoms with Crippen LogP contribution in [-0.2, 0) is 6.42 Å².